The summed E-state index contributed by atoms with van der Waals surface area (Å²) < 4.78 is 3.97. The Labute approximate surface area is 177 Å². The van der Waals surface area contributed by atoms with Gasteiger partial charge in [-0.3, -0.25) is 9.48 Å². The van der Waals surface area contributed by atoms with E-state index >= 15 is 0 Å². The lowest BCUT2D eigenvalue weighted by Gasteiger charge is -2.08. The summed E-state index contributed by atoms with van der Waals surface area (Å²) in [7, 11) is 1.91. The molecule has 150 valence electrons. The molecule has 0 bridgehead atoms. The van der Waals surface area contributed by atoms with E-state index in [0.717, 1.165) is 39.1 Å². The molecular weight excluding hydrogens is 394 g/mol. The third kappa shape index (κ3) is 3.37. The van der Waals surface area contributed by atoms with Gasteiger partial charge in [-0.1, -0.05) is 36.4 Å². The number of carbonyl (C=O) groups excluding carboxylic acids is 1. The summed E-state index contributed by atoms with van der Waals surface area (Å²) >= 11 is 1.47. The van der Waals surface area contributed by atoms with Crippen molar-refractivity contribution in [3.05, 3.63) is 82.6 Å². The van der Waals surface area contributed by atoms with E-state index in [0.29, 0.717) is 11.4 Å². The van der Waals surface area contributed by atoms with Gasteiger partial charge < -0.3 is 9.88 Å². The summed E-state index contributed by atoms with van der Waals surface area (Å²) in [5, 5.41) is 8.48. The number of thiophene rings is 1. The fourth-order valence-corrected chi connectivity index (χ4v) is 4.80. The molecule has 6 nitrogen and oxygen atoms in total. The number of aryl methyl sites for hydroxylation is 2. The molecule has 2 aromatic carbocycles. The van der Waals surface area contributed by atoms with Crippen molar-refractivity contribution in [2.75, 3.05) is 0 Å². The zero-order valence-electron chi connectivity index (χ0n) is 16.8. The number of imidazole rings is 1. The number of hydrogen-bond acceptors (Lipinski definition) is 4. The average molecular weight is 416 g/mol. The number of para-hydroxylation sites is 2. The summed E-state index contributed by atoms with van der Waals surface area (Å²) in [5.41, 5.74) is 5.31. The molecule has 0 spiro atoms. The number of hydrogen-bond donors (Lipinski definition) is 1. The monoisotopic (exact) mass is 415 g/mol. The van der Waals surface area contributed by atoms with E-state index < -0.39 is 0 Å². The summed E-state index contributed by atoms with van der Waals surface area (Å²) in [6.07, 6.45) is 1.87. The second kappa shape index (κ2) is 7.42. The minimum absolute atomic E-state index is 0.0541. The molecule has 0 saturated heterocycles. The third-order valence-electron chi connectivity index (χ3n) is 5.24. The smallest absolute Gasteiger partial charge is 0.261 e. The van der Waals surface area contributed by atoms with Crippen molar-refractivity contribution < 1.29 is 4.79 Å². The van der Waals surface area contributed by atoms with Gasteiger partial charge in [0.25, 0.3) is 5.91 Å². The maximum Gasteiger partial charge on any atom is 0.261 e. The van der Waals surface area contributed by atoms with Gasteiger partial charge in [0.05, 0.1) is 27.9 Å². The van der Waals surface area contributed by atoms with Gasteiger partial charge in [0, 0.05) is 25.5 Å². The van der Waals surface area contributed by atoms with E-state index in [4.69, 9.17) is 0 Å². The topological polar surface area (TPSA) is 64.7 Å². The van der Waals surface area contributed by atoms with Crippen LogP contribution in [0.3, 0.4) is 0 Å². The van der Waals surface area contributed by atoms with Gasteiger partial charge in [-0.15, -0.1) is 11.3 Å². The first-order valence-corrected chi connectivity index (χ1v) is 10.6. The zero-order valence-corrected chi connectivity index (χ0v) is 17.6. The number of carbonyl (C=O) groups is 1. The highest BCUT2D eigenvalue weighted by Crippen LogP contribution is 2.27. The molecule has 0 atom stereocenters. The first-order chi connectivity index (χ1) is 14.6. The van der Waals surface area contributed by atoms with Crippen molar-refractivity contribution in [2.24, 2.45) is 7.05 Å². The third-order valence-corrected chi connectivity index (χ3v) is 6.45. The van der Waals surface area contributed by atoms with Crippen LogP contribution in [0, 0.1) is 6.92 Å². The fourth-order valence-electron chi connectivity index (χ4n) is 3.76. The first kappa shape index (κ1) is 18.6. The predicted molar refractivity (Wildman–Crippen MR) is 120 cm³/mol. The number of nitrogens with one attached hydrogen (secondary N) is 1. The fraction of sp³-hybridized carbons (Fsp3) is 0.174. The van der Waals surface area contributed by atoms with Crippen molar-refractivity contribution in [3.63, 3.8) is 0 Å². The Morgan fingerprint density at radius 1 is 1.10 bits per heavy atom. The maximum atomic E-state index is 12.7. The normalized spacial score (nSPS) is 11.4. The SMILES string of the molecule is Cc1nn(C)c2sc(C(=O)NCc3cccc(Cn4cnc5ccccc54)c3)cc12. The van der Waals surface area contributed by atoms with Gasteiger partial charge in [0.2, 0.25) is 0 Å². The van der Waals surface area contributed by atoms with Crippen LogP contribution in [0.4, 0.5) is 0 Å². The van der Waals surface area contributed by atoms with Crippen molar-refractivity contribution in [2.45, 2.75) is 20.0 Å². The Morgan fingerprint density at radius 2 is 1.93 bits per heavy atom. The molecule has 3 aromatic heterocycles. The molecule has 5 rings (SSSR count). The van der Waals surface area contributed by atoms with Gasteiger partial charge in [-0.05, 0) is 36.2 Å². The Kier molecular flexibility index (Phi) is 4.59. The van der Waals surface area contributed by atoms with Crippen molar-refractivity contribution in [3.8, 4) is 0 Å². The van der Waals surface area contributed by atoms with Gasteiger partial charge in [-0.2, -0.15) is 5.10 Å². The van der Waals surface area contributed by atoms with Crippen LogP contribution in [-0.2, 0) is 20.1 Å². The second-order valence-electron chi connectivity index (χ2n) is 7.40. The molecule has 1 amide bonds. The van der Waals surface area contributed by atoms with Crippen LogP contribution < -0.4 is 5.32 Å². The minimum atomic E-state index is -0.0541. The van der Waals surface area contributed by atoms with E-state index in [-0.39, 0.29) is 5.91 Å². The highest BCUT2D eigenvalue weighted by Gasteiger charge is 2.15. The predicted octanol–water partition coefficient (Wildman–Crippen LogP) is 4.27. The van der Waals surface area contributed by atoms with Gasteiger partial charge in [0.15, 0.2) is 0 Å². The highest BCUT2D eigenvalue weighted by molar-refractivity contribution is 7.20. The lowest BCUT2D eigenvalue weighted by Crippen LogP contribution is -2.21. The molecule has 0 unspecified atom stereocenters. The molecular formula is C23H21N5OS. The summed E-state index contributed by atoms with van der Waals surface area (Å²) in [4.78, 5) is 18.8. The molecule has 0 aliphatic rings. The van der Waals surface area contributed by atoms with Crippen LogP contribution in [0.2, 0.25) is 0 Å². The number of aromatic nitrogens is 4. The molecule has 0 saturated carbocycles. The summed E-state index contributed by atoms with van der Waals surface area (Å²) in [5.74, 6) is -0.0541. The van der Waals surface area contributed by atoms with Gasteiger partial charge >= 0.3 is 0 Å². The molecule has 7 heteroatoms. The van der Waals surface area contributed by atoms with E-state index in [1.165, 1.54) is 16.9 Å². The number of nitrogens with zero attached hydrogens (tertiary/aromatic N) is 4. The second-order valence-corrected chi connectivity index (χ2v) is 8.43. The van der Waals surface area contributed by atoms with Crippen LogP contribution >= 0.6 is 11.3 Å². The summed E-state index contributed by atoms with van der Waals surface area (Å²) in [6, 6.07) is 18.3. The number of fused-ring (bicyclic) bond motifs is 2. The first-order valence-electron chi connectivity index (χ1n) is 9.77. The number of amides is 1. The van der Waals surface area contributed by atoms with Crippen molar-refractivity contribution >= 4 is 38.5 Å². The molecule has 0 fully saturated rings. The van der Waals surface area contributed by atoms with Gasteiger partial charge in [0.1, 0.15) is 4.83 Å². The molecule has 0 radical (unpaired) electrons. The van der Waals surface area contributed by atoms with E-state index in [2.05, 4.69) is 38.2 Å². The summed E-state index contributed by atoms with van der Waals surface area (Å²) in [6.45, 7) is 3.19. The van der Waals surface area contributed by atoms with E-state index in [1.807, 2.05) is 61.4 Å². The van der Waals surface area contributed by atoms with Crippen LogP contribution in [0.5, 0.6) is 0 Å². The van der Waals surface area contributed by atoms with Crippen LogP contribution in [-0.4, -0.2) is 25.2 Å². The zero-order chi connectivity index (χ0) is 20.7. The minimum Gasteiger partial charge on any atom is -0.347 e. The molecule has 30 heavy (non-hydrogen) atoms. The van der Waals surface area contributed by atoms with Crippen molar-refractivity contribution in [1.29, 1.82) is 0 Å². The maximum absolute atomic E-state index is 12.7. The van der Waals surface area contributed by atoms with Crippen molar-refractivity contribution in [1.82, 2.24) is 24.6 Å². The largest absolute Gasteiger partial charge is 0.347 e. The Balaban J connectivity index is 1.29. The Hall–Kier alpha value is -3.45. The average Bonchev–Trinajstić information content (AvgIpc) is 3.43. The van der Waals surface area contributed by atoms with Crippen LogP contribution in [0.25, 0.3) is 21.3 Å². The van der Waals surface area contributed by atoms with E-state index in [9.17, 15) is 4.79 Å². The Bertz CT molecular complexity index is 1340. The number of benzene rings is 2. The quantitative estimate of drug-likeness (QED) is 0.466. The van der Waals surface area contributed by atoms with Crippen LogP contribution in [0.1, 0.15) is 26.5 Å². The Morgan fingerprint density at radius 3 is 2.80 bits per heavy atom. The molecule has 5 aromatic rings. The van der Waals surface area contributed by atoms with Crippen LogP contribution in [0.15, 0.2) is 60.9 Å². The molecule has 3 heterocycles. The van der Waals surface area contributed by atoms with Gasteiger partial charge in [-0.25, -0.2) is 4.98 Å². The lowest BCUT2D eigenvalue weighted by atomic mass is 10.1. The molecule has 0 aliphatic carbocycles. The van der Waals surface area contributed by atoms with E-state index in [1.54, 1.807) is 0 Å². The number of rotatable bonds is 5. The molecule has 0 aliphatic heterocycles. The molecule has 1 N–H and O–H groups in total. The lowest BCUT2D eigenvalue weighted by molar-refractivity contribution is 0.0955. The standard InChI is InChI=1S/C23H21N5OS/c1-15-18-11-21(30-23(18)27(2)26-15)22(29)24-12-16-6-5-7-17(10-16)13-28-14-25-19-8-3-4-9-20(19)28/h3-11,14H,12-13H2,1-2H3,(H,24,29). The highest BCUT2D eigenvalue weighted by atomic mass is 32.1.